The van der Waals surface area contributed by atoms with Crippen molar-refractivity contribution in [3.63, 3.8) is 0 Å². The molecule has 28 heavy (non-hydrogen) atoms. The zero-order valence-electron chi connectivity index (χ0n) is 16.5. The number of imide groups is 1. The molecule has 0 unspecified atom stereocenters. The zero-order chi connectivity index (χ0) is 20.5. The minimum Gasteiger partial charge on any atom is -0.468 e. The summed E-state index contributed by atoms with van der Waals surface area (Å²) in [6.45, 7) is 0.553. The summed E-state index contributed by atoms with van der Waals surface area (Å²) < 4.78 is 4.72. The van der Waals surface area contributed by atoms with Crippen LogP contribution in [0, 0.1) is 0 Å². The van der Waals surface area contributed by atoms with Crippen molar-refractivity contribution >= 4 is 28.6 Å². The van der Waals surface area contributed by atoms with E-state index < -0.39 is 23.8 Å². The Kier molecular flexibility index (Phi) is 8.10. The van der Waals surface area contributed by atoms with Gasteiger partial charge in [-0.25, -0.2) is 0 Å². The fraction of sp³-hybridized carbons (Fsp3) is 0.381. The highest BCUT2D eigenvalue weighted by atomic mass is 16.5. The van der Waals surface area contributed by atoms with Crippen molar-refractivity contribution in [2.75, 3.05) is 27.7 Å². The predicted octanol–water partition coefficient (Wildman–Crippen LogP) is 1.46. The van der Waals surface area contributed by atoms with Gasteiger partial charge in [-0.15, -0.1) is 0 Å². The number of esters is 1. The lowest BCUT2D eigenvalue weighted by atomic mass is 10.0. The van der Waals surface area contributed by atoms with Crippen LogP contribution < -0.4 is 10.6 Å². The van der Waals surface area contributed by atoms with E-state index in [1.165, 1.54) is 7.11 Å². The van der Waals surface area contributed by atoms with E-state index >= 15 is 0 Å². The first kappa shape index (κ1) is 21.5. The van der Waals surface area contributed by atoms with Crippen LogP contribution in [0.15, 0.2) is 42.5 Å². The molecule has 2 N–H and O–H groups in total. The number of hydrogen-bond donors (Lipinski definition) is 2. The lowest BCUT2D eigenvalue weighted by Crippen LogP contribution is -2.40. The first-order valence-electron chi connectivity index (χ1n) is 9.16. The number of rotatable bonds is 9. The Labute approximate surface area is 165 Å². The number of carbonyl (C=O) groups excluding carboxylic acids is 3. The Morgan fingerprint density at radius 1 is 1.04 bits per heavy atom. The summed E-state index contributed by atoms with van der Waals surface area (Å²) in [5.41, 5.74) is 1.09. The van der Waals surface area contributed by atoms with E-state index in [1.807, 2.05) is 42.5 Å². The average molecular weight is 385 g/mol. The van der Waals surface area contributed by atoms with Crippen LogP contribution in [0.3, 0.4) is 0 Å². The van der Waals surface area contributed by atoms with Gasteiger partial charge in [0.2, 0.25) is 11.8 Å². The van der Waals surface area contributed by atoms with Crippen molar-refractivity contribution in [2.24, 2.45) is 0 Å². The van der Waals surface area contributed by atoms with Gasteiger partial charge < -0.3 is 10.1 Å². The fourth-order valence-corrected chi connectivity index (χ4v) is 3.01. The number of fused-ring (bicyclic) bond motifs is 1. The van der Waals surface area contributed by atoms with Gasteiger partial charge in [-0.05, 0) is 36.9 Å². The molecule has 7 heteroatoms. The summed E-state index contributed by atoms with van der Waals surface area (Å²) in [5.74, 6) is -1.21. The molecular weight excluding hydrogens is 358 g/mol. The van der Waals surface area contributed by atoms with E-state index in [0.717, 1.165) is 16.3 Å². The van der Waals surface area contributed by atoms with Gasteiger partial charge in [0.1, 0.15) is 6.04 Å². The maximum atomic E-state index is 12.0. The minimum absolute atomic E-state index is 0.0308. The molecule has 150 valence electrons. The first-order chi connectivity index (χ1) is 13.4. The number of benzene rings is 2. The molecule has 2 aromatic rings. The lowest BCUT2D eigenvalue weighted by molar-refractivity contribution is -0.146. The maximum Gasteiger partial charge on any atom is 0.323 e. The Morgan fingerprint density at radius 3 is 2.46 bits per heavy atom. The third-order valence-corrected chi connectivity index (χ3v) is 4.50. The van der Waals surface area contributed by atoms with Crippen LogP contribution >= 0.6 is 0 Å². The van der Waals surface area contributed by atoms with E-state index in [1.54, 1.807) is 19.0 Å². The molecule has 0 spiro atoms. The molecule has 0 radical (unpaired) electrons. The van der Waals surface area contributed by atoms with Gasteiger partial charge in [0.05, 0.1) is 13.7 Å². The van der Waals surface area contributed by atoms with E-state index in [-0.39, 0.29) is 19.4 Å². The molecule has 0 bridgehead atoms. The molecule has 2 aromatic carbocycles. The molecule has 0 aliphatic heterocycles. The summed E-state index contributed by atoms with van der Waals surface area (Å²) >= 11 is 0. The van der Waals surface area contributed by atoms with Gasteiger partial charge in [-0.3, -0.25) is 24.6 Å². The molecule has 0 fully saturated rings. The number of methoxy groups -OCH3 is 1. The number of hydrogen-bond acceptors (Lipinski definition) is 6. The molecule has 1 atom stereocenters. The summed E-state index contributed by atoms with van der Waals surface area (Å²) in [6, 6.07) is 13.6. The highest BCUT2D eigenvalue weighted by Gasteiger charge is 2.22. The molecule has 0 heterocycles. The monoisotopic (exact) mass is 385 g/mol. The Bertz CT molecular complexity index is 830. The van der Waals surface area contributed by atoms with E-state index in [0.29, 0.717) is 6.54 Å². The van der Waals surface area contributed by atoms with Crippen LogP contribution in [-0.4, -0.2) is 56.5 Å². The quantitative estimate of drug-likeness (QED) is 0.636. The SMILES string of the molecule is COC(=O)[C@H](CCC(=O)NC(=O)CNCc1cccc2ccccc12)N(C)C. The van der Waals surface area contributed by atoms with Crippen molar-refractivity contribution in [3.8, 4) is 0 Å². The number of nitrogens with zero attached hydrogens (tertiary/aromatic N) is 1. The van der Waals surface area contributed by atoms with Crippen molar-refractivity contribution in [3.05, 3.63) is 48.0 Å². The van der Waals surface area contributed by atoms with Crippen LogP contribution in [0.4, 0.5) is 0 Å². The molecule has 2 rings (SSSR count). The Hall–Kier alpha value is -2.77. The summed E-state index contributed by atoms with van der Waals surface area (Å²) in [6.07, 6.45) is 0.342. The molecular formula is C21H27N3O4. The van der Waals surface area contributed by atoms with Gasteiger partial charge in [0, 0.05) is 13.0 Å². The largest absolute Gasteiger partial charge is 0.468 e. The topological polar surface area (TPSA) is 87.7 Å². The average Bonchev–Trinajstić information content (AvgIpc) is 2.67. The van der Waals surface area contributed by atoms with Crippen molar-refractivity contribution in [1.29, 1.82) is 0 Å². The van der Waals surface area contributed by atoms with Crippen LogP contribution in [0.25, 0.3) is 10.8 Å². The molecule has 0 aliphatic rings. The standard InChI is InChI=1S/C21H27N3O4/c1-24(2)18(21(27)28-3)11-12-19(25)23-20(26)14-22-13-16-9-6-8-15-7-4-5-10-17(15)16/h4-10,18,22H,11-14H2,1-3H3,(H,23,25,26)/t18-/m0/s1. The van der Waals surface area contributed by atoms with Crippen LogP contribution in [-0.2, 0) is 25.7 Å². The predicted molar refractivity (Wildman–Crippen MR) is 108 cm³/mol. The van der Waals surface area contributed by atoms with Gasteiger partial charge in [-0.2, -0.15) is 0 Å². The lowest BCUT2D eigenvalue weighted by Gasteiger charge is -2.21. The third-order valence-electron chi connectivity index (χ3n) is 4.50. The molecule has 2 amide bonds. The summed E-state index contributed by atoms with van der Waals surface area (Å²) in [4.78, 5) is 37.3. The van der Waals surface area contributed by atoms with Crippen LogP contribution in [0.1, 0.15) is 18.4 Å². The number of ether oxygens (including phenoxy) is 1. The molecule has 0 aromatic heterocycles. The highest BCUT2D eigenvalue weighted by Crippen LogP contribution is 2.18. The maximum absolute atomic E-state index is 12.0. The molecule has 0 saturated carbocycles. The number of carbonyl (C=O) groups is 3. The van der Waals surface area contributed by atoms with Gasteiger partial charge in [-0.1, -0.05) is 42.5 Å². The fourth-order valence-electron chi connectivity index (χ4n) is 3.01. The van der Waals surface area contributed by atoms with Crippen LogP contribution in [0.5, 0.6) is 0 Å². The van der Waals surface area contributed by atoms with Crippen molar-refractivity contribution in [1.82, 2.24) is 15.5 Å². The normalized spacial score (nSPS) is 12.0. The Balaban J connectivity index is 1.77. The van der Waals surface area contributed by atoms with Crippen molar-refractivity contribution in [2.45, 2.75) is 25.4 Å². The number of amides is 2. The van der Waals surface area contributed by atoms with Crippen molar-refractivity contribution < 1.29 is 19.1 Å². The minimum atomic E-state index is -0.518. The van der Waals surface area contributed by atoms with Gasteiger partial charge in [0.15, 0.2) is 0 Å². The molecule has 0 aliphatic carbocycles. The highest BCUT2D eigenvalue weighted by molar-refractivity contribution is 5.96. The number of nitrogens with one attached hydrogen (secondary N) is 2. The smallest absolute Gasteiger partial charge is 0.323 e. The molecule has 7 nitrogen and oxygen atoms in total. The zero-order valence-corrected chi connectivity index (χ0v) is 16.5. The second-order valence-electron chi connectivity index (χ2n) is 6.75. The van der Waals surface area contributed by atoms with E-state index in [4.69, 9.17) is 4.74 Å². The second-order valence-corrected chi connectivity index (χ2v) is 6.75. The van der Waals surface area contributed by atoms with Crippen LogP contribution in [0.2, 0.25) is 0 Å². The molecule has 0 saturated heterocycles. The first-order valence-corrected chi connectivity index (χ1v) is 9.16. The van der Waals surface area contributed by atoms with E-state index in [9.17, 15) is 14.4 Å². The van der Waals surface area contributed by atoms with Gasteiger partial charge >= 0.3 is 5.97 Å². The summed E-state index contributed by atoms with van der Waals surface area (Å²) in [7, 11) is 4.79. The summed E-state index contributed by atoms with van der Waals surface area (Å²) in [5, 5.41) is 7.68. The number of likely N-dealkylation sites (N-methyl/N-ethyl adjacent to an activating group) is 1. The third kappa shape index (κ3) is 6.14. The second kappa shape index (κ2) is 10.5. The Morgan fingerprint density at radius 2 is 1.75 bits per heavy atom. The van der Waals surface area contributed by atoms with Gasteiger partial charge in [0.25, 0.3) is 0 Å². The van der Waals surface area contributed by atoms with E-state index in [2.05, 4.69) is 10.6 Å².